The average Bonchev–Trinajstić information content (AvgIpc) is 3.26. The summed E-state index contributed by atoms with van der Waals surface area (Å²) in [6, 6.07) is 10.4. The van der Waals surface area contributed by atoms with Gasteiger partial charge in [0.2, 0.25) is 5.91 Å². The maximum atomic E-state index is 12.1. The molecule has 1 amide bonds. The lowest BCUT2D eigenvalue weighted by Crippen LogP contribution is -2.12. The number of amides is 1. The van der Waals surface area contributed by atoms with Crippen LogP contribution >= 0.6 is 11.3 Å². The molecule has 0 fully saturated rings. The molecule has 0 unspecified atom stereocenters. The second-order valence-corrected chi connectivity index (χ2v) is 7.49. The molecule has 0 aliphatic heterocycles. The van der Waals surface area contributed by atoms with E-state index in [1.54, 1.807) is 6.20 Å². The zero-order valence-electron chi connectivity index (χ0n) is 15.2. The lowest BCUT2D eigenvalue weighted by atomic mass is 10.1. The van der Waals surface area contributed by atoms with Crippen LogP contribution in [0.5, 0.6) is 0 Å². The van der Waals surface area contributed by atoms with Crippen LogP contribution in [0.3, 0.4) is 0 Å². The van der Waals surface area contributed by atoms with Gasteiger partial charge in [-0.15, -0.1) is 11.3 Å². The van der Waals surface area contributed by atoms with Gasteiger partial charge in [-0.25, -0.2) is 4.98 Å². The van der Waals surface area contributed by atoms with Crippen molar-refractivity contribution in [2.75, 3.05) is 5.32 Å². The summed E-state index contributed by atoms with van der Waals surface area (Å²) in [4.78, 5) is 17.9. The second-order valence-electron chi connectivity index (χ2n) is 6.29. The minimum atomic E-state index is -0.00394. The Balaban J connectivity index is 1.57. The van der Waals surface area contributed by atoms with E-state index < -0.39 is 0 Å². The first kappa shape index (κ1) is 18.3. The molecule has 0 radical (unpaired) electrons. The van der Waals surface area contributed by atoms with Crippen LogP contribution in [0.15, 0.2) is 42.7 Å². The smallest absolute Gasteiger partial charge is 0.226 e. The molecule has 1 N–H and O–H groups in total. The van der Waals surface area contributed by atoms with Crippen LogP contribution in [0.1, 0.15) is 36.6 Å². The predicted octanol–water partition coefficient (Wildman–Crippen LogP) is 4.69. The third kappa shape index (κ3) is 4.79. The summed E-state index contributed by atoms with van der Waals surface area (Å²) in [6.07, 6.45) is 7.10. The van der Waals surface area contributed by atoms with E-state index >= 15 is 0 Å². The number of aryl methyl sites for hydroxylation is 3. The highest BCUT2D eigenvalue weighted by atomic mass is 32.1. The van der Waals surface area contributed by atoms with Crippen molar-refractivity contribution in [3.63, 3.8) is 0 Å². The van der Waals surface area contributed by atoms with Crippen molar-refractivity contribution in [3.8, 4) is 11.3 Å². The highest BCUT2D eigenvalue weighted by molar-refractivity contribution is 7.16. The Kier molecular flexibility index (Phi) is 6.17. The van der Waals surface area contributed by atoms with Gasteiger partial charge < -0.3 is 5.32 Å². The number of aromatic nitrogens is 3. The fraction of sp³-hybridized carbons (Fsp3) is 0.350. The molecule has 0 saturated carbocycles. The number of hydrogen-bond donors (Lipinski definition) is 1. The Hall–Kier alpha value is -2.47. The molecule has 6 heteroatoms. The van der Waals surface area contributed by atoms with Gasteiger partial charge in [-0.2, -0.15) is 5.10 Å². The standard InChI is InChI=1S/C20H24N4OS/c1-3-6-16-8-10-17(11-9-16)19-15(2)26-20(23-19)22-18(25)7-4-13-24-14-5-12-21-24/h5,8-12,14H,3-4,6-7,13H2,1-2H3,(H,22,23,25). The molecule has 0 bridgehead atoms. The second kappa shape index (κ2) is 8.76. The van der Waals surface area contributed by atoms with E-state index in [-0.39, 0.29) is 5.91 Å². The first-order valence-corrected chi connectivity index (χ1v) is 9.81. The van der Waals surface area contributed by atoms with Gasteiger partial charge in [-0.05, 0) is 31.4 Å². The average molecular weight is 369 g/mol. The molecule has 3 aromatic rings. The highest BCUT2D eigenvalue weighted by Crippen LogP contribution is 2.30. The molecule has 0 aliphatic carbocycles. The number of thiazole rings is 1. The number of hydrogen-bond acceptors (Lipinski definition) is 4. The van der Waals surface area contributed by atoms with Gasteiger partial charge >= 0.3 is 0 Å². The summed E-state index contributed by atoms with van der Waals surface area (Å²) >= 11 is 1.52. The van der Waals surface area contributed by atoms with Crippen molar-refractivity contribution in [2.24, 2.45) is 0 Å². The molecular weight excluding hydrogens is 344 g/mol. The maximum Gasteiger partial charge on any atom is 0.226 e. The number of nitrogens with zero attached hydrogens (tertiary/aromatic N) is 3. The highest BCUT2D eigenvalue weighted by Gasteiger charge is 2.12. The summed E-state index contributed by atoms with van der Waals surface area (Å²) in [5.41, 5.74) is 3.39. The number of carbonyl (C=O) groups excluding carboxylic acids is 1. The maximum absolute atomic E-state index is 12.1. The Bertz CT molecular complexity index is 837. The van der Waals surface area contributed by atoms with E-state index in [9.17, 15) is 4.79 Å². The van der Waals surface area contributed by atoms with Gasteiger partial charge in [-0.3, -0.25) is 9.48 Å². The van der Waals surface area contributed by atoms with Gasteiger partial charge in [0.25, 0.3) is 0 Å². The van der Waals surface area contributed by atoms with E-state index in [1.165, 1.54) is 16.9 Å². The molecule has 0 spiro atoms. The van der Waals surface area contributed by atoms with Crippen LogP contribution in [-0.2, 0) is 17.8 Å². The van der Waals surface area contributed by atoms with Crippen molar-refractivity contribution in [1.82, 2.24) is 14.8 Å². The Morgan fingerprint density at radius 3 is 2.77 bits per heavy atom. The Morgan fingerprint density at radius 1 is 1.27 bits per heavy atom. The van der Waals surface area contributed by atoms with Crippen LogP contribution in [0, 0.1) is 6.92 Å². The van der Waals surface area contributed by atoms with Crippen LogP contribution < -0.4 is 5.32 Å². The number of carbonyl (C=O) groups is 1. The Morgan fingerprint density at radius 2 is 2.08 bits per heavy atom. The molecule has 3 rings (SSSR count). The van der Waals surface area contributed by atoms with Crippen molar-refractivity contribution < 1.29 is 4.79 Å². The number of benzene rings is 1. The molecule has 2 aromatic heterocycles. The molecule has 0 aliphatic rings. The Labute approximate surface area is 158 Å². The van der Waals surface area contributed by atoms with Crippen LogP contribution in [-0.4, -0.2) is 20.7 Å². The van der Waals surface area contributed by atoms with Gasteiger partial charge in [0.05, 0.1) is 5.69 Å². The van der Waals surface area contributed by atoms with Crippen molar-refractivity contribution >= 4 is 22.4 Å². The van der Waals surface area contributed by atoms with E-state index in [4.69, 9.17) is 0 Å². The van der Waals surface area contributed by atoms with Crippen molar-refractivity contribution in [3.05, 3.63) is 53.2 Å². The van der Waals surface area contributed by atoms with Gasteiger partial charge in [-0.1, -0.05) is 37.6 Å². The lowest BCUT2D eigenvalue weighted by Gasteiger charge is -2.03. The summed E-state index contributed by atoms with van der Waals surface area (Å²) in [5, 5.41) is 7.73. The molecule has 2 heterocycles. The summed E-state index contributed by atoms with van der Waals surface area (Å²) < 4.78 is 1.83. The molecule has 0 atom stereocenters. The fourth-order valence-corrected chi connectivity index (χ4v) is 3.70. The van der Waals surface area contributed by atoms with Crippen LogP contribution in [0.2, 0.25) is 0 Å². The number of nitrogens with one attached hydrogen (secondary N) is 1. The molecule has 5 nitrogen and oxygen atoms in total. The van der Waals surface area contributed by atoms with E-state index in [0.717, 1.165) is 41.9 Å². The first-order valence-electron chi connectivity index (χ1n) is 8.99. The van der Waals surface area contributed by atoms with Crippen molar-refractivity contribution in [1.29, 1.82) is 0 Å². The van der Waals surface area contributed by atoms with Crippen LogP contribution in [0.25, 0.3) is 11.3 Å². The summed E-state index contributed by atoms with van der Waals surface area (Å²) in [6.45, 7) is 4.97. The minimum absolute atomic E-state index is 0.00394. The molecular formula is C20H24N4OS. The zero-order chi connectivity index (χ0) is 18.4. The fourth-order valence-electron chi connectivity index (χ4n) is 2.85. The van der Waals surface area contributed by atoms with E-state index in [1.807, 2.05) is 23.9 Å². The van der Waals surface area contributed by atoms with Crippen LogP contribution in [0.4, 0.5) is 5.13 Å². The number of rotatable bonds is 8. The van der Waals surface area contributed by atoms with Gasteiger partial charge in [0, 0.05) is 35.8 Å². The summed E-state index contributed by atoms with van der Waals surface area (Å²) in [7, 11) is 0. The number of anilines is 1. The lowest BCUT2D eigenvalue weighted by molar-refractivity contribution is -0.116. The quantitative estimate of drug-likeness (QED) is 0.628. The monoisotopic (exact) mass is 368 g/mol. The third-order valence-electron chi connectivity index (χ3n) is 4.16. The van der Waals surface area contributed by atoms with Crippen molar-refractivity contribution in [2.45, 2.75) is 46.1 Å². The minimum Gasteiger partial charge on any atom is -0.302 e. The first-order chi connectivity index (χ1) is 12.7. The van der Waals surface area contributed by atoms with Gasteiger partial charge in [0.1, 0.15) is 0 Å². The molecule has 1 aromatic carbocycles. The summed E-state index contributed by atoms with van der Waals surface area (Å²) in [5.74, 6) is -0.00394. The zero-order valence-corrected chi connectivity index (χ0v) is 16.1. The van der Waals surface area contributed by atoms with E-state index in [0.29, 0.717) is 11.6 Å². The predicted molar refractivity (Wildman–Crippen MR) is 106 cm³/mol. The van der Waals surface area contributed by atoms with E-state index in [2.05, 4.69) is 46.6 Å². The molecule has 0 saturated heterocycles. The molecule has 136 valence electrons. The molecule has 26 heavy (non-hydrogen) atoms. The third-order valence-corrected chi connectivity index (χ3v) is 5.05. The van der Waals surface area contributed by atoms with Gasteiger partial charge in [0.15, 0.2) is 5.13 Å². The topological polar surface area (TPSA) is 59.8 Å². The SMILES string of the molecule is CCCc1ccc(-c2nc(NC(=O)CCCn3cccn3)sc2C)cc1. The normalized spacial score (nSPS) is 10.8. The largest absolute Gasteiger partial charge is 0.302 e.